The van der Waals surface area contributed by atoms with Crippen LogP contribution in [0.5, 0.6) is 0 Å². The van der Waals surface area contributed by atoms with Gasteiger partial charge >= 0.3 is 0 Å². The van der Waals surface area contributed by atoms with Gasteiger partial charge in [0.05, 0.1) is 6.04 Å². The summed E-state index contributed by atoms with van der Waals surface area (Å²) in [5.74, 6) is 0.434. The minimum absolute atomic E-state index is 0.0924. The van der Waals surface area contributed by atoms with Gasteiger partial charge in [0.15, 0.2) is 0 Å². The van der Waals surface area contributed by atoms with E-state index in [0.29, 0.717) is 6.04 Å². The summed E-state index contributed by atoms with van der Waals surface area (Å²) in [4.78, 5) is 16.6. The van der Waals surface area contributed by atoms with Crippen molar-refractivity contribution in [2.45, 2.75) is 39.8 Å². The third-order valence-electron chi connectivity index (χ3n) is 3.61. The van der Waals surface area contributed by atoms with Gasteiger partial charge < -0.3 is 4.90 Å². The first kappa shape index (κ1) is 15.7. The highest BCUT2D eigenvalue weighted by Gasteiger charge is 2.30. The molecule has 0 N–H and O–H groups in total. The normalized spacial score (nSPS) is 13.1. The molecule has 0 aliphatic rings. The Bertz CT molecular complexity index is 400. The topological polar surface area (TPSA) is 23.6 Å². The molecule has 106 valence electrons. The van der Waals surface area contributed by atoms with Crippen LogP contribution < -0.4 is 4.90 Å². The van der Waals surface area contributed by atoms with Crippen LogP contribution in [-0.2, 0) is 4.79 Å². The third kappa shape index (κ3) is 3.80. The highest BCUT2D eigenvalue weighted by Crippen LogP contribution is 2.19. The van der Waals surface area contributed by atoms with Gasteiger partial charge in [-0.25, -0.2) is 0 Å². The summed E-state index contributed by atoms with van der Waals surface area (Å²) in [6, 6.07) is 10.0. The first-order valence-corrected chi connectivity index (χ1v) is 6.90. The van der Waals surface area contributed by atoms with E-state index in [9.17, 15) is 4.79 Å². The molecule has 0 aromatic heterocycles. The Balaban J connectivity index is 2.95. The second kappa shape index (κ2) is 6.71. The summed E-state index contributed by atoms with van der Waals surface area (Å²) < 4.78 is 0. The van der Waals surface area contributed by atoms with Crippen molar-refractivity contribution in [1.29, 1.82) is 0 Å². The lowest BCUT2D eigenvalue weighted by atomic mass is 10.00. The number of carbonyl (C=O) groups excluding carboxylic acids is 1. The van der Waals surface area contributed by atoms with Crippen LogP contribution in [-0.4, -0.2) is 37.0 Å². The monoisotopic (exact) mass is 262 g/mol. The summed E-state index contributed by atoms with van der Waals surface area (Å²) in [6.07, 6.45) is 0. The smallest absolute Gasteiger partial charge is 0.244 e. The molecule has 0 spiro atoms. The molecule has 1 aromatic rings. The van der Waals surface area contributed by atoms with E-state index in [4.69, 9.17) is 0 Å². The molecule has 1 unspecified atom stereocenters. The van der Waals surface area contributed by atoms with Crippen LogP contribution in [0, 0.1) is 5.92 Å². The second-order valence-electron chi connectivity index (χ2n) is 5.68. The number of nitrogens with zero attached hydrogens (tertiary/aromatic N) is 2. The van der Waals surface area contributed by atoms with Crippen molar-refractivity contribution in [1.82, 2.24) is 4.90 Å². The Hall–Kier alpha value is -1.35. The number of carbonyl (C=O) groups is 1. The van der Waals surface area contributed by atoms with Gasteiger partial charge in [-0.05, 0) is 38.9 Å². The second-order valence-corrected chi connectivity index (χ2v) is 5.68. The minimum atomic E-state index is -0.0924. The van der Waals surface area contributed by atoms with Crippen molar-refractivity contribution >= 4 is 11.6 Å². The number of para-hydroxylation sites is 1. The van der Waals surface area contributed by atoms with Crippen LogP contribution in [0.4, 0.5) is 5.69 Å². The van der Waals surface area contributed by atoms with Crippen LogP contribution in [0.15, 0.2) is 30.3 Å². The van der Waals surface area contributed by atoms with E-state index in [1.165, 1.54) is 0 Å². The van der Waals surface area contributed by atoms with Crippen molar-refractivity contribution in [2.24, 2.45) is 5.92 Å². The highest BCUT2D eigenvalue weighted by atomic mass is 16.2. The molecule has 3 heteroatoms. The van der Waals surface area contributed by atoms with Gasteiger partial charge in [0, 0.05) is 18.8 Å². The number of likely N-dealkylation sites (N-methyl/N-ethyl adjacent to an activating group) is 2. The Kier molecular flexibility index (Phi) is 5.55. The molecule has 0 bridgehead atoms. The average Bonchev–Trinajstić information content (AvgIpc) is 2.38. The molecule has 0 aliphatic carbocycles. The first-order chi connectivity index (χ1) is 8.86. The van der Waals surface area contributed by atoms with Gasteiger partial charge in [0.25, 0.3) is 0 Å². The Morgan fingerprint density at radius 1 is 1.00 bits per heavy atom. The van der Waals surface area contributed by atoms with E-state index in [-0.39, 0.29) is 17.9 Å². The van der Waals surface area contributed by atoms with Crippen molar-refractivity contribution in [3.8, 4) is 0 Å². The van der Waals surface area contributed by atoms with Crippen molar-refractivity contribution in [2.75, 3.05) is 19.0 Å². The number of anilines is 1. The highest BCUT2D eigenvalue weighted by molar-refractivity contribution is 5.96. The molecule has 1 aromatic carbocycles. The lowest BCUT2D eigenvalue weighted by Crippen LogP contribution is -2.51. The van der Waals surface area contributed by atoms with Gasteiger partial charge in [0.2, 0.25) is 5.91 Å². The lowest BCUT2D eigenvalue weighted by Gasteiger charge is -2.35. The predicted molar refractivity (Wildman–Crippen MR) is 81.4 cm³/mol. The zero-order valence-electron chi connectivity index (χ0n) is 12.9. The minimum Gasteiger partial charge on any atom is -0.314 e. The zero-order chi connectivity index (χ0) is 14.6. The Labute approximate surface area is 117 Å². The van der Waals surface area contributed by atoms with Crippen LogP contribution >= 0.6 is 0 Å². The van der Waals surface area contributed by atoms with Crippen molar-refractivity contribution in [3.05, 3.63) is 30.3 Å². The van der Waals surface area contributed by atoms with Crippen LogP contribution in [0.25, 0.3) is 0 Å². The fourth-order valence-corrected chi connectivity index (χ4v) is 2.23. The first-order valence-electron chi connectivity index (χ1n) is 6.90. The molecule has 1 amide bonds. The number of rotatable bonds is 5. The number of amides is 1. The van der Waals surface area contributed by atoms with E-state index in [2.05, 4.69) is 32.6 Å². The lowest BCUT2D eigenvalue weighted by molar-refractivity contribution is -0.125. The maximum atomic E-state index is 12.7. The third-order valence-corrected chi connectivity index (χ3v) is 3.61. The van der Waals surface area contributed by atoms with Gasteiger partial charge in [0.1, 0.15) is 0 Å². The molecule has 0 aliphatic heterocycles. The average molecular weight is 262 g/mol. The van der Waals surface area contributed by atoms with Crippen molar-refractivity contribution in [3.63, 3.8) is 0 Å². The molecule has 0 saturated heterocycles. The summed E-state index contributed by atoms with van der Waals surface area (Å²) in [7, 11) is 3.87. The molecule has 0 radical (unpaired) electrons. The molecule has 1 atom stereocenters. The maximum absolute atomic E-state index is 12.7. The van der Waals surface area contributed by atoms with Gasteiger partial charge in [-0.2, -0.15) is 0 Å². The largest absolute Gasteiger partial charge is 0.314 e. The summed E-state index contributed by atoms with van der Waals surface area (Å²) in [5.41, 5.74) is 0.940. The molecule has 0 saturated carbocycles. The zero-order valence-corrected chi connectivity index (χ0v) is 12.9. The van der Waals surface area contributed by atoms with E-state index in [0.717, 1.165) is 5.69 Å². The maximum Gasteiger partial charge on any atom is 0.244 e. The standard InChI is InChI=1S/C16H26N2O/c1-12(2)15(17(5)13(3)4)16(19)18(6)14-10-8-7-9-11-14/h7-13,15H,1-6H3. The predicted octanol–water partition coefficient (Wildman–Crippen LogP) is 3.01. The van der Waals surface area contributed by atoms with Crippen LogP contribution in [0.3, 0.4) is 0 Å². The van der Waals surface area contributed by atoms with Crippen LogP contribution in [0.1, 0.15) is 27.7 Å². The molecule has 0 fully saturated rings. The Morgan fingerprint density at radius 2 is 1.53 bits per heavy atom. The van der Waals surface area contributed by atoms with E-state index in [1.807, 2.05) is 44.4 Å². The SMILES string of the molecule is CC(C)C(C(=O)N(C)c1ccccc1)N(C)C(C)C. The van der Waals surface area contributed by atoms with E-state index in [1.54, 1.807) is 4.90 Å². The molecular weight excluding hydrogens is 236 g/mol. The molecule has 1 rings (SSSR count). The number of hydrogen-bond acceptors (Lipinski definition) is 2. The van der Waals surface area contributed by atoms with Gasteiger partial charge in [-0.15, -0.1) is 0 Å². The quantitative estimate of drug-likeness (QED) is 0.814. The van der Waals surface area contributed by atoms with E-state index < -0.39 is 0 Å². The molecule has 0 heterocycles. The summed E-state index contributed by atoms with van der Waals surface area (Å²) in [6.45, 7) is 8.43. The fourth-order valence-electron chi connectivity index (χ4n) is 2.23. The van der Waals surface area contributed by atoms with Gasteiger partial charge in [-0.1, -0.05) is 32.0 Å². The van der Waals surface area contributed by atoms with E-state index >= 15 is 0 Å². The van der Waals surface area contributed by atoms with Gasteiger partial charge in [-0.3, -0.25) is 9.69 Å². The summed E-state index contributed by atoms with van der Waals surface area (Å²) in [5, 5.41) is 0. The Morgan fingerprint density at radius 3 is 1.95 bits per heavy atom. The summed E-state index contributed by atoms with van der Waals surface area (Å²) >= 11 is 0. The number of benzene rings is 1. The molecule has 19 heavy (non-hydrogen) atoms. The number of hydrogen-bond donors (Lipinski definition) is 0. The van der Waals surface area contributed by atoms with Crippen molar-refractivity contribution < 1.29 is 4.79 Å². The van der Waals surface area contributed by atoms with Crippen LogP contribution in [0.2, 0.25) is 0 Å². The molecule has 3 nitrogen and oxygen atoms in total. The fraction of sp³-hybridized carbons (Fsp3) is 0.562. The molecular formula is C16H26N2O.